The Balaban J connectivity index is 1.68. The Morgan fingerprint density at radius 1 is 1.14 bits per heavy atom. The van der Waals surface area contributed by atoms with Crippen LogP contribution >= 0.6 is 0 Å². The lowest BCUT2D eigenvalue weighted by Crippen LogP contribution is -2.07. The number of rotatable bonds is 4. The molecule has 1 fully saturated rings. The maximum atomic E-state index is 12.8. The summed E-state index contributed by atoms with van der Waals surface area (Å²) >= 11 is 0. The van der Waals surface area contributed by atoms with E-state index in [1.807, 2.05) is 19.1 Å². The predicted molar refractivity (Wildman–Crippen MR) is 150 cm³/mol. The van der Waals surface area contributed by atoms with E-state index in [9.17, 15) is 4.79 Å². The highest BCUT2D eigenvalue weighted by Gasteiger charge is 2.20. The van der Waals surface area contributed by atoms with Crippen LogP contribution in [0, 0.1) is 5.92 Å². The molecule has 1 heterocycles. The highest BCUT2D eigenvalue weighted by molar-refractivity contribution is 6.17. The summed E-state index contributed by atoms with van der Waals surface area (Å²) in [7, 11) is 0. The average molecular weight is 462 g/mol. The first kappa shape index (κ1) is 24.6. The van der Waals surface area contributed by atoms with Gasteiger partial charge in [-0.1, -0.05) is 55.2 Å². The second-order valence-corrected chi connectivity index (χ2v) is 9.88. The Morgan fingerprint density at radius 2 is 1.97 bits per heavy atom. The van der Waals surface area contributed by atoms with Gasteiger partial charge in [0.1, 0.15) is 0 Å². The SMILES string of the molecule is C=C1CCCC(C(/C=C(/C)C2=NC(c3ccc4c(c3)C=C=C(C)C=C4)=CC(=O)C(=C)C2)=C/C)CC1. The van der Waals surface area contributed by atoms with E-state index in [0.717, 1.165) is 52.8 Å². The smallest absolute Gasteiger partial charge is 0.183 e. The predicted octanol–water partition coefficient (Wildman–Crippen LogP) is 8.61. The van der Waals surface area contributed by atoms with Crippen LogP contribution in [0.25, 0.3) is 17.8 Å². The summed E-state index contributed by atoms with van der Waals surface area (Å²) in [5, 5.41) is 0. The molecule has 1 aromatic carbocycles. The fourth-order valence-corrected chi connectivity index (χ4v) is 4.92. The Morgan fingerprint density at radius 3 is 2.77 bits per heavy atom. The molecule has 2 heteroatoms. The first-order valence-electron chi connectivity index (χ1n) is 12.6. The minimum Gasteiger partial charge on any atom is -0.290 e. The normalized spacial score (nSPS) is 21.5. The Kier molecular flexibility index (Phi) is 7.63. The van der Waals surface area contributed by atoms with Gasteiger partial charge in [0.15, 0.2) is 5.78 Å². The maximum Gasteiger partial charge on any atom is 0.183 e. The first-order valence-corrected chi connectivity index (χ1v) is 12.6. The second-order valence-electron chi connectivity index (χ2n) is 9.88. The number of allylic oxidation sites excluding steroid dienone is 9. The molecule has 1 aliphatic heterocycles. The molecule has 2 nitrogen and oxygen atoms in total. The maximum absolute atomic E-state index is 12.8. The quantitative estimate of drug-likeness (QED) is 0.145. The van der Waals surface area contributed by atoms with Gasteiger partial charge in [0.2, 0.25) is 0 Å². The van der Waals surface area contributed by atoms with Crippen molar-refractivity contribution in [3.8, 4) is 0 Å². The molecule has 0 amide bonds. The minimum atomic E-state index is -0.0544. The fourth-order valence-electron chi connectivity index (χ4n) is 4.92. The van der Waals surface area contributed by atoms with Crippen molar-refractivity contribution in [2.75, 3.05) is 0 Å². The van der Waals surface area contributed by atoms with E-state index in [-0.39, 0.29) is 5.78 Å². The van der Waals surface area contributed by atoms with Gasteiger partial charge in [-0.15, -0.1) is 5.73 Å². The zero-order valence-corrected chi connectivity index (χ0v) is 21.3. The highest BCUT2D eigenvalue weighted by atomic mass is 16.1. The van der Waals surface area contributed by atoms with Crippen molar-refractivity contribution in [3.63, 3.8) is 0 Å². The molecule has 1 aromatic rings. The zero-order valence-electron chi connectivity index (χ0n) is 21.3. The van der Waals surface area contributed by atoms with Crippen molar-refractivity contribution in [1.82, 2.24) is 0 Å². The zero-order chi connectivity index (χ0) is 24.9. The third kappa shape index (κ3) is 5.96. The molecule has 0 radical (unpaired) electrons. The van der Waals surface area contributed by atoms with Crippen molar-refractivity contribution in [2.24, 2.45) is 10.9 Å². The van der Waals surface area contributed by atoms with Crippen LogP contribution in [0.5, 0.6) is 0 Å². The van der Waals surface area contributed by atoms with E-state index in [2.05, 4.69) is 69.2 Å². The first-order chi connectivity index (χ1) is 16.8. The largest absolute Gasteiger partial charge is 0.290 e. The summed E-state index contributed by atoms with van der Waals surface area (Å²) in [6, 6.07) is 6.22. The molecule has 1 atom stereocenters. The van der Waals surface area contributed by atoms with Crippen LogP contribution in [-0.4, -0.2) is 11.5 Å². The molecule has 2 aliphatic carbocycles. The van der Waals surface area contributed by atoms with E-state index in [0.29, 0.717) is 23.6 Å². The molecule has 1 saturated carbocycles. The molecule has 0 spiro atoms. The van der Waals surface area contributed by atoms with Crippen molar-refractivity contribution >= 4 is 29.3 Å². The van der Waals surface area contributed by atoms with E-state index in [4.69, 9.17) is 4.99 Å². The van der Waals surface area contributed by atoms with Gasteiger partial charge in [-0.3, -0.25) is 9.79 Å². The number of aliphatic imine (C=N–C) groups is 1. The number of benzene rings is 1. The lowest BCUT2D eigenvalue weighted by atomic mass is 9.89. The van der Waals surface area contributed by atoms with Crippen LogP contribution in [-0.2, 0) is 4.79 Å². The number of fused-ring (bicyclic) bond motifs is 1. The van der Waals surface area contributed by atoms with Gasteiger partial charge in [-0.05, 0) is 104 Å². The summed E-state index contributed by atoms with van der Waals surface area (Å²) in [6.45, 7) is 14.5. The number of hydrogen-bond acceptors (Lipinski definition) is 2. The van der Waals surface area contributed by atoms with Crippen LogP contribution < -0.4 is 0 Å². The number of ketones is 1. The van der Waals surface area contributed by atoms with Crippen molar-refractivity contribution in [2.45, 2.75) is 59.3 Å². The lowest BCUT2D eigenvalue weighted by Gasteiger charge is -2.17. The third-order valence-electron chi connectivity index (χ3n) is 7.18. The van der Waals surface area contributed by atoms with Gasteiger partial charge < -0.3 is 0 Å². The van der Waals surface area contributed by atoms with Crippen LogP contribution in [0.15, 0.2) is 94.3 Å². The molecular formula is C33H35NO. The Bertz CT molecular complexity index is 1300. The number of hydrogen-bond donors (Lipinski definition) is 0. The summed E-state index contributed by atoms with van der Waals surface area (Å²) < 4.78 is 0. The molecule has 0 aromatic heterocycles. The van der Waals surface area contributed by atoms with Gasteiger partial charge >= 0.3 is 0 Å². The van der Waals surface area contributed by atoms with Gasteiger partial charge in [-0.25, -0.2) is 0 Å². The van der Waals surface area contributed by atoms with Crippen LogP contribution in [0.3, 0.4) is 0 Å². The topological polar surface area (TPSA) is 29.4 Å². The van der Waals surface area contributed by atoms with Gasteiger partial charge in [-0.2, -0.15) is 0 Å². The van der Waals surface area contributed by atoms with E-state index >= 15 is 0 Å². The van der Waals surface area contributed by atoms with Crippen LogP contribution in [0.1, 0.15) is 76.0 Å². The summed E-state index contributed by atoms with van der Waals surface area (Å²) in [4.78, 5) is 17.9. The summed E-state index contributed by atoms with van der Waals surface area (Å²) in [5.74, 6) is 0.488. The molecule has 0 saturated heterocycles. The highest BCUT2D eigenvalue weighted by Crippen LogP contribution is 2.33. The molecule has 0 N–H and O–H groups in total. The average Bonchev–Trinajstić information content (AvgIpc) is 3.24. The molecule has 4 rings (SSSR count). The van der Waals surface area contributed by atoms with E-state index in [1.54, 1.807) is 6.08 Å². The standard InChI is InChI=1S/C33H35NO/c1-6-26(27-9-7-8-22(2)10-13-27)18-24(4)31-19-25(5)33(35)21-32(34-31)30-17-16-28-14-11-23(3)12-15-29(28)20-30/h6,11,14-18,20-21,27H,2,5,7-10,13,19H2,1,3-4H3/b24-18-,26-6+. The lowest BCUT2D eigenvalue weighted by molar-refractivity contribution is -0.111. The van der Waals surface area contributed by atoms with E-state index < -0.39 is 0 Å². The second kappa shape index (κ2) is 10.8. The minimum absolute atomic E-state index is 0.0544. The molecule has 35 heavy (non-hydrogen) atoms. The molecule has 0 bridgehead atoms. The molecular weight excluding hydrogens is 426 g/mol. The van der Waals surface area contributed by atoms with Crippen molar-refractivity contribution < 1.29 is 4.79 Å². The van der Waals surface area contributed by atoms with Crippen molar-refractivity contribution in [1.29, 1.82) is 0 Å². The van der Waals surface area contributed by atoms with Gasteiger partial charge in [0.05, 0.1) is 5.70 Å². The fraction of sp³-hybridized carbons (Fsp3) is 0.303. The number of carbonyl (C=O) groups excluding carboxylic acids is 1. The number of carbonyl (C=O) groups is 1. The number of nitrogens with zero attached hydrogens (tertiary/aromatic N) is 1. The van der Waals surface area contributed by atoms with Gasteiger partial charge in [0.25, 0.3) is 0 Å². The Hall–Kier alpha value is -3.48. The summed E-state index contributed by atoms with van der Waals surface area (Å²) in [5.41, 5.74) is 13.5. The van der Waals surface area contributed by atoms with Crippen LogP contribution in [0.4, 0.5) is 0 Å². The van der Waals surface area contributed by atoms with E-state index in [1.165, 1.54) is 24.0 Å². The molecule has 1 unspecified atom stereocenters. The summed E-state index contributed by atoms with van der Waals surface area (Å²) in [6.07, 6.45) is 18.6. The van der Waals surface area contributed by atoms with Gasteiger partial charge in [0, 0.05) is 23.8 Å². The Labute approximate surface area is 210 Å². The van der Waals surface area contributed by atoms with Crippen molar-refractivity contribution in [3.05, 3.63) is 106 Å². The molecule has 178 valence electrons. The van der Waals surface area contributed by atoms with Crippen LogP contribution in [0.2, 0.25) is 0 Å². The third-order valence-corrected chi connectivity index (χ3v) is 7.18. The monoisotopic (exact) mass is 461 g/mol. The molecule has 3 aliphatic rings.